The topological polar surface area (TPSA) is 87.1 Å². The van der Waals surface area contributed by atoms with Crippen LogP contribution in [0.5, 0.6) is 0 Å². The number of hydrogen-bond acceptors (Lipinski definition) is 4. The van der Waals surface area contributed by atoms with Gasteiger partial charge in [0, 0.05) is 43.9 Å². The summed E-state index contributed by atoms with van der Waals surface area (Å²) in [6.45, 7) is 2.54. The molecule has 0 saturated heterocycles. The number of pyridine rings is 1. The van der Waals surface area contributed by atoms with Crippen LogP contribution in [0.1, 0.15) is 21.7 Å². The summed E-state index contributed by atoms with van der Waals surface area (Å²) in [5, 5.41) is 0.686. The first-order valence-electron chi connectivity index (χ1n) is 13.1. The van der Waals surface area contributed by atoms with Gasteiger partial charge in [-0.15, -0.1) is 12.4 Å². The van der Waals surface area contributed by atoms with Crippen LogP contribution < -0.4 is 4.90 Å². The molecule has 3 aromatic heterocycles. The summed E-state index contributed by atoms with van der Waals surface area (Å²) < 4.78 is 15.5. The van der Waals surface area contributed by atoms with E-state index in [0.29, 0.717) is 23.2 Å². The molecule has 0 bridgehead atoms. The van der Waals surface area contributed by atoms with E-state index in [1.807, 2.05) is 43.3 Å². The van der Waals surface area contributed by atoms with E-state index >= 15 is 0 Å². The third-order valence-corrected chi connectivity index (χ3v) is 7.14. The molecule has 0 spiro atoms. The van der Waals surface area contributed by atoms with Crippen LogP contribution in [0.4, 0.5) is 14.9 Å². The van der Waals surface area contributed by atoms with Crippen LogP contribution in [-0.4, -0.2) is 50.5 Å². The van der Waals surface area contributed by atoms with Gasteiger partial charge in [-0.3, -0.25) is 9.78 Å². The summed E-state index contributed by atoms with van der Waals surface area (Å²) in [6.07, 6.45) is 5.11. The molecular weight excluding hydrogens is 555 g/mol. The minimum atomic E-state index is -0.455. The predicted molar refractivity (Wildman–Crippen MR) is 165 cm³/mol. The Balaban J connectivity index is 0.00000353. The second-order valence-corrected chi connectivity index (χ2v) is 10.1. The Kier molecular flexibility index (Phi) is 7.78. The number of amides is 3. The van der Waals surface area contributed by atoms with Crippen molar-refractivity contribution in [2.24, 2.45) is 0 Å². The second-order valence-electron chi connectivity index (χ2n) is 10.1. The zero-order chi connectivity index (χ0) is 28.7. The van der Waals surface area contributed by atoms with Crippen LogP contribution in [0.3, 0.4) is 0 Å². The smallest absolute Gasteiger partial charge is 0.331 e. The number of benzene rings is 3. The molecule has 10 heteroatoms. The van der Waals surface area contributed by atoms with Crippen molar-refractivity contribution in [3.05, 3.63) is 114 Å². The van der Waals surface area contributed by atoms with Crippen molar-refractivity contribution in [1.82, 2.24) is 24.4 Å². The fourth-order valence-electron chi connectivity index (χ4n) is 4.99. The summed E-state index contributed by atoms with van der Waals surface area (Å²) in [5.41, 5.74) is 6.13. The van der Waals surface area contributed by atoms with Crippen molar-refractivity contribution in [1.29, 1.82) is 0 Å². The number of fused-ring (bicyclic) bond motifs is 2. The average molecular weight is 583 g/mol. The molecule has 0 aliphatic carbocycles. The highest BCUT2D eigenvalue weighted by Crippen LogP contribution is 2.29. The van der Waals surface area contributed by atoms with Gasteiger partial charge in [0.05, 0.1) is 23.0 Å². The van der Waals surface area contributed by atoms with Crippen LogP contribution in [0.2, 0.25) is 0 Å². The van der Waals surface area contributed by atoms with E-state index in [9.17, 15) is 14.0 Å². The third kappa shape index (κ3) is 5.22. The van der Waals surface area contributed by atoms with E-state index in [-0.39, 0.29) is 18.2 Å². The van der Waals surface area contributed by atoms with E-state index in [4.69, 9.17) is 0 Å². The lowest BCUT2D eigenvalue weighted by Gasteiger charge is -2.24. The van der Waals surface area contributed by atoms with E-state index in [1.165, 1.54) is 21.9 Å². The van der Waals surface area contributed by atoms with E-state index in [1.54, 1.807) is 57.0 Å². The number of halogens is 2. The number of carbonyl (C=O) groups is 2. The monoisotopic (exact) mass is 582 g/mol. The Labute approximate surface area is 247 Å². The molecule has 8 nitrogen and oxygen atoms in total. The molecule has 212 valence electrons. The summed E-state index contributed by atoms with van der Waals surface area (Å²) >= 11 is 0. The van der Waals surface area contributed by atoms with Gasteiger partial charge >= 0.3 is 6.03 Å². The summed E-state index contributed by atoms with van der Waals surface area (Å²) in [7, 11) is 3.23. The molecule has 0 radical (unpaired) electrons. The first-order valence-corrected chi connectivity index (χ1v) is 13.1. The molecule has 0 aliphatic heterocycles. The molecule has 3 amide bonds. The number of rotatable bonds is 5. The zero-order valence-corrected chi connectivity index (χ0v) is 24.0. The number of urea groups is 1. The van der Waals surface area contributed by atoms with Gasteiger partial charge in [-0.1, -0.05) is 36.4 Å². The Morgan fingerprint density at radius 1 is 0.952 bits per heavy atom. The van der Waals surface area contributed by atoms with Crippen LogP contribution in [0.25, 0.3) is 33.1 Å². The molecule has 1 N–H and O–H groups in total. The molecule has 3 heterocycles. The number of nitrogens with zero attached hydrogens (tertiary/aromatic N) is 5. The number of carbonyl (C=O) groups excluding carboxylic acids is 2. The molecule has 42 heavy (non-hydrogen) atoms. The van der Waals surface area contributed by atoms with Crippen LogP contribution in [-0.2, 0) is 6.54 Å². The first kappa shape index (κ1) is 28.5. The number of aromatic nitrogens is 4. The first-order chi connectivity index (χ1) is 19.8. The number of imidazole rings is 1. The van der Waals surface area contributed by atoms with Crippen molar-refractivity contribution in [2.45, 2.75) is 13.5 Å². The van der Waals surface area contributed by atoms with Gasteiger partial charge in [0.15, 0.2) is 0 Å². The SMILES string of the molecule is Cc1nc2cnccc2n1Cc1ccc(N(C(=O)c2c[nH]c3cc(-c4ccc(F)cc4)ccc23)C(=O)N(C)C)cc1.Cl. The number of hydrogen-bond donors (Lipinski definition) is 1. The maximum absolute atomic E-state index is 13.9. The van der Waals surface area contributed by atoms with Gasteiger partial charge in [0.2, 0.25) is 0 Å². The standard InChI is InChI=1S/C32H27FN6O2.ClH/c1-20-36-29-18-34-15-14-30(29)38(20)19-21-4-11-25(12-5-21)39(32(41)37(2)3)31(40)27-17-35-28-16-23(8-13-26(27)28)22-6-9-24(33)10-7-22;/h4-18,35H,19H2,1-3H3;1H. The highest BCUT2D eigenvalue weighted by molar-refractivity contribution is 6.24. The Hall–Kier alpha value is -5.02. The van der Waals surface area contributed by atoms with Crippen molar-refractivity contribution in [2.75, 3.05) is 19.0 Å². The quantitative estimate of drug-likeness (QED) is 0.241. The van der Waals surface area contributed by atoms with E-state index < -0.39 is 11.9 Å². The molecule has 0 atom stereocenters. The number of aryl methyl sites for hydroxylation is 1. The summed E-state index contributed by atoms with van der Waals surface area (Å²) in [4.78, 5) is 41.6. The third-order valence-electron chi connectivity index (χ3n) is 7.14. The molecule has 0 saturated carbocycles. The molecule has 0 fully saturated rings. The molecule has 6 rings (SSSR count). The molecular formula is C32H28ClFN6O2. The van der Waals surface area contributed by atoms with Crippen molar-refractivity contribution in [3.8, 4) is 11.1 Å². The highest BCUT2D eigenvalue weighted by Gasteiger charge is 2.28. The van der Waals surface area contributed by atoms with Crippen LogP contribution in [0.15, 0.2) is 91.4 Å². The summed E-state index contributed by atoms with van der Waals surface area (Å²) in [6, 6.07) is 20.7. The summed E-state index contributed by atoms with van der Waals surface area (Å²) in [5.74, 6) is 0.129. The Bertz CT molecular complexity index is 1910. The van der Waals surface area contributed by atoms with Gasteiger partial charge in [-0.05, 0) is 60.0 Å². The van der Waals surface area contributed by atoms with Crippen LogP contribution in [0, 0.1) is 12.7 Å². The van der Waals surface area contributed by atoms with Gasteiger partial charge < -0.3 is 14.5 Å². The molecule has 6 aromatic rings. The lowest BCUT2D eigenvalue weighted by molar-refractivity contribution is 0.0990. The van der Waals surface area contributed by atoms with E-state index in [2.05, 4.69) is 19.5 Å². The number of aromatic amines is 1. The Morgan fingerprint density at radius 2 is 1.67 bits per heavy atom. The van der Waals surface area contributed by atoms with E-state index in [0.717, 1.165) is 39.1 Å². The predicted octanol–water partition coefficient (Wildman–Crippen LogP) is 6.83. The van der Waals surface area contributed by atoms with Gasteiger partial charge in [-0.25, -0.2) is 19.1 Å². The van der Waals surface area contributed by atoms with Crippen molar-refractivity contribution >= 4 is 52.0 Å². The second kappa shape index (κ2) is 11.5. The number of anilines is 1. The Morgan fingerprint density at radius 3 is 2.38 bits per heavy atom. The number of imide groups is 1. The lowest BCUT2D eigenvalue weighted by atomic mass is 10.0. The maximum atomic E-state index is 13.9. The van der Waals surface area contributed by atoms with Gasteiger partial charge in [0.1, 0.15) is 17.2 Å². The van der Waals surface area contributed by atoms with Crippen LogP contribution >= 0.6 is 12.4 Å². The number of H-pyrrole nitrogens is 1. The van der Waals surface area contributed by atoms with Gasteiger partial charge in [0.25, 0.3) is 5.91 Å². The number of nitrogens with one attached hydrogen (secondary N) is 1. The molecule has 3 aromatic carbocycles. The minimum absolute atomic E-state index is 0. The highest BCUT2D eigenvalue weighted by atomic mass is 35.5. The average Bonchev–Trinajstić information content (AvgIpc) is 3.54. The van der Waals surface area contributed by atoms with Crippen molar-refractivity contribution < 1.29 is 14.0 Å². The molecule has 0 unspecified atom stereocenters. The van der Waals surface area contributed by atoms with Gasteiger partial charge in [-0.2, -0.15) is 0 Å². The minimum Gasteiger partial charge on any atom is -0.360 e. The fourth-order valence-corrected chi connectivity index (χ4v) is 4.99. The largest absolute Gasteiger partial charge is 0.360 e. The lowest BCUT2D eigenvalue weighted by Crippen LogP contribution is -2.43. The maximum Gasteiger partial charge on any atom is 0.331 e. The normalized spacial score (nSPS) is 11.0. The van der Waals surface area contributed by atoms with Crippen molar-refractivity contribution in [3.63, 3.8) is 0 Å². The zero-order valence-electron chi connectivity index (χ0n) is 23.2. The fraction of sp³-hybridized carbons (Fsp3) is 0.125. The molecule has 0 aliphatic rings.